The SMILES string of the molecule is [2H]C1([2H])O[C@@H]1CCl. The molecule has 0 aromatic rings. The normalized spacial score (nSPS) is 50.2. The van der Waals surface area contributed by atoms with Crippen LogP contribution in [0.1, 0.15) is 2.74 Å². The van der Waals surface area contributed by atoms with Gasteiger partial charge < -0.3 is 4.74 Å². The van der Waals surface area contributed by atoms with Crippen molar-refractivity contribution in [3.63, 3.8) is 0 Å². The largest absolute Gasteiger partial charge is 0.372 e. The van der Waals surface area contributed by atoms with Crippen molar-refractivity contribution in [2.24, 2.45) is 0 Å². The molecule has 5 heavy (non-hydrogen) atoms. The maximum atomic E-state index is 6.77. The van der Waals surface area contributed by atoms with Gasteiger partial charge in [-0.15, -0.1) is 11.6 Å². The molecule has 2 heteroatoms. The summed E-state index contributed by atoms with van der Waals surface area (Å²) in [4.78, 5) is 0. The van der Waals surface area contributed by atoms with Crippen molar-refractivity contribution >= 4 is 11.6 Å². The lowest BCUT2D eigenvalue weighted by Gasteiger charge is -1.67. The fourth-order valence-corrected chi connectivity index (χ4v) is 0.237. The maximum Gasteiger partial charge on any atom is 0.0944 e. The topological polar surface area (TPSA) is 12.5 Å². The molecule has 0 aromatic carbocycles. The average Bonchev–Trinajstić information content (AvgIpc) is 2.13. The molecule has 1 nitrogen and oxygen atoms in total. The highest BCUT2D eigenvalue weighted by atomic mass is 35.5. The number of alkyl halides is 1. The molecule has 0 radical (unpaired) electrons. The Labute approximate surface area is 38.7 Å². The van der Waals surface area contributed by atoms with E-state index in [1.807, 2.05) is 0 Å². The van der Waals surface area contributed by atoms with Gasteiger partial charge in [-0.3, -0.25) is 0 Å². The van der Waals surface area contributed by atoms with Crippen molar-refractivity contribution in [2.75, 3.05) is 12.4 Å². The Kier molecular flexibility index (Phi) is 0.415. The van der Waals surface area contributed by atoms with E-state index in [0.717, 1.165) is 0 Å². The molecule has 0 saturated carbocycles. The number of hydrogen-bond acceptors (Lipinski definition) is 1. The molecule has 0 aromatic heterocycles. The summed E-state index contributed by atoms with van der Waals surface area (Å²) in [5, 5.41) is 0. The van der Waals surface area contributed by atoms with Crippen LogP contribution in [-0.2, 0) is 4.74 Å². The van der Waals surface area contributed by atoms with E-state index in [9.17, 15) is 0 Å². The lowest BCUT2D eigenvalue weighted by Crippen LogP contribution is -1.80. The van der Waals surface area contributed by atoms with Gasteiger partial charge in [0.2, 0.25) is 0 Å². The molecule has 1 heterocycles. The van der Waals surface area contributed by atoms with E-state index < -0.39 is 6.56 Å². The highest BCUT2D eigenvalue weighted by Gasteiger charge is 2.19. The Morgan fingerprint density at radius 1 is 2.40 bits per heavy atom. The summed E-state index contributed by atoms with van der Waals surface area (Å²) in [7, 11) is 0. The Morgan fingerprint density at radius 2 is 3.00 bits per heavy atom. The van der Waals surface area contributed by atoms with Crippen LogP contribution in [0.5, 0.6) is 0 Å². The van der Waals surface area contributed by atoms with E-state index >= 15 is 0 Å². The van der Waals surface area contributed by atoms with Crippen LogP contribution in [0.4, 0.5) is 0 Å². The first-order valence-corrected chi connectivity index (χ1v) is 1.94. The molecule has 0 N–H and O–H groups in total. The zero-order valence-electron chi connectivity index (χ0n) is 4.57. The minimum Gasteiger partial charge on any atom is -0.372 e. The number of halogens is 1. The lowest BCUT2D eigenvalue weighted by atomic mass is 10.6. The van der Waals surface area contributed by atoms with E-state index in [2.05, 4.69) is 4.74 Å². The molecule has 0 spiro atoms. The Morgan fingerprint density at radius 3 is 3.00 bits per heavy atom. The van der Waals surface area contributed by atoms with Gasteiger partial charge in [-0.25, -0.2) is 0 Å². The van der Waals surface area contributed by atoms with E-state index in [4.69, 9.17) is 14.3 Å². The first-order chi connectivity index (χ1) is 3.17. The van der Waals surface area contributed by atoms with Crippen molar-refractivity contribution in [1.82, 2.24) is 0 Å². The van der Waals surface area contributed by atoms with Crippen molar-refractivity contribution in [3.8, 4) is 0 Å². The monoisotopic (exact) mass is 94.0 g/mol. The van der Waals surface area contributed by atoms with Gasteiger partial charge in [0, 0.05) is 0 Å². The summed E-state index contributed by atoms with van der Waals surface area (Å²) >= 11 is 5.22. The second kappa shape index (κ2) is 1.15. The van der Waals surface area contributed by atoms with E-state index in [0.29, 0.717) is 0 Å². The van der Waals surface area contributed by atoms with Crippen molar-refractivity contribution in [2.45, 2.75) is 6.10 Å². The Balaban J connectivity index is 2.30. The zero-order chi connectivity index (χ0) is 5.49. The molecular weight excluding hydrogens is 87.5 g/mol. The van der Waals surface area contributed by atoms with Gasteiger partial charge in [0.1, 0.15) is 0 Å². The quantitative estimate of drug-likeness (QED) is 0.343. The fraction of sp³-hybridized carbons (Fsp3) is 1.00. The molecule has 1 rings (SSSR count). The number of hydrogen-bond donors (Lipinski definition) is 0. The third kappa shape index (κ3) is 0.781. The van der Waals surface area contributed by atoms with Crippen LogP contribution >= 0.6 is 11.6 Å². The summed E-state index contributed by atoms with van der Waals surface area (Å²) in [5.74, 6) is 0.257. The summed E-state index contributed by atoms with van der Waals surface area (Å²) < 4.78 is 18.0. The van der Waals surface area contributed by atoms with E-state index in [1.165, 1.54) is 0 Å². The molecule has 1 saturated heterocycles. The summed E-state index contributed by atoms with van der Waals surface area (Å²) in [6, 6.07) is 0. The zero-order valence-corrected chi connectivity index (χ0v) is 3.33. The Bertz CT molecular complexity index is 85.0. The minimum atomic E-state index is -1.41. The first-order valence-electron chi connectivity index (χ1n) is 2.40. The molecule has 0 amide bonds. The van der Waals surface area contributed by atoms with Crippen LogP contribution in [0.3, 0.4) is 0 Å². The highest BCUT2D eigenvalue weighted by Crippen LogP contribution is 2.08. The predicted molar refractivity (Wildman–Crippen MR) is 20.5 cm³/mol. The van der Waals surface area contributed by atoms with Crippen molar-refractivity contribution in [1.29, 1.82) is 0 Å². The van der Waals surface area contributed by atoms with Crippen LogP contribution in [0, 0.1) is 0 Å². The minimum absolute atomic E-state index is 0.257. The number of epoxide rings is 1. The van der Waals surface area contributed by atoms with Crippen LogP contribution in [0.15, 0.2) is 0 Å². The van der Waals surface area contributed by atoms with Crippen LogP contribution in [0.25, 0.3) is 0 Å². The third-order valence-electron chi connectivity index (χ3n) is 0.425. The van der Waals surface area contributed by atoms with Gasteiger partial charge in [0.05, 0.1) is 21.3 Å². The molecule has 30 valence electrons. The van der Waals surface area contributed by atoms with Gasteiger partial charge in [0.15, 0.2) is 0 Å². The molecule has 0 bridgehead atoms. The molecule has 0 unspecified atom stereocenters. The summed E-state index contributed by atoms with van der Waals surface area (Å²) in [6.07, 6.45) is -0.353. The smallest absolute Gasteiger partial charge is 0.0944 e. The van der Waals surface area contributed by atoms with Crippen LogP contribution in [-0.4, -0.2) is 18.5 Å². The summed E-state index contributed by atoms with van der Waals surface area (Å²) in [5.41, 5.74) is 0. The predicted octanol–water partition coefficient (Wildman–Crippen LogP) is 0.624. The molecule has 0 aliphatic carbocycles. The average molecular weight is 94.5 g/mol. The number of rotatable bonds is 1. The second-order valence-corrected chi connectivity index (χ2v) is 1.19. The van der Waals surface area contributed by atoms with Gasteiger partial charge in [-0.05, 0) is 0 Å². The number of ether oxygens (including phenoxy) is 1. The van der Waals surface area contributed by atoms with Crippen LogP contribution < -0.4 is 0 Å². The fourth-order valence-electron chi connectivity index (χ4n) is 0.111. The summed E-state index contributed by atoms with van der Waals surface area (Å²) in [6.45, 7) is -1.41. The Hall–Kier alpha value is 0.250. The third-order valence-corrected chi connectivity index (χ3v) is 0.705. The van der Waals surface area contributed by atoms with Gasteiger partial charge >= 0.3 is 0 Å². The highest BCUT2D eigenvalue weighted by molar-refractivity contribution is 6.18. The first kappa shape index (κ1) is 1.80. The molecular formula is C3H5ClO. The van der Waals surface area contributed by atoms with Gasteiger partial charge in [-0.2, -0.15) is 0 Å². The molecule has 1 atom stereocenters. The second-order valence-electron chi connectivity index (χ2n) is 0.879. The van der Waals surface area contributed by atoms with Crippen LogP contribution in [0.2, 0.25) is 0 Å². The molecule has 1 aliphatic rings. The van der Waals surface area contributed by atoms with Gasteiger partial charge in [0.25, 0.3) is 0 Å². The van der Waals surface area contributed by atoms with E-state index in [1.54, 1.807) is 0 Å². The van der Waals surface area contributed by atoms with Crippen molar-refractivity contribution < 1.29 is 7.48 Å². The van der Waals surface area contributed by atoms with Gasteiger partial charge in [-0.1, -0.05) is 0 Å². The standard InChI is InChI=1S/C3H5ClO/c4-1-3-2-5-3/h3H,1-2H2/t3-/m1/s1/i2D2. The molecule has 1 fully saturated rings. The molecule has 1 aliphatic heterocycles. The lowest BCUT2D eigenvalue weighted by molar-refractivity contribution is 0.425. The maximum absolute atomic E-state index is 6.77. The van der Waals surface area contributed by atoms with E-state index in [-0.39, 0.29) is 12.0 Å². The van der Waals surface area contributed by atoms with Crippen molar-refractivity contribution in [3.05, 3.63) is 0 Å².